The van der Waals surface area contributed by atoms with Gasteiger partial charge in [-0.3, -0.25) is 9.59 Å². The van der Waals surface area contributed by atoms with Crippen molar-refractivity contribution in [3.05, 3.63) is 0 Å². The highest BCUT2D eigenvalue weighted by atomic mass is 16.5. The molecule has 2 bridgehead atoms. The number of fused-ring (bicyclic) bond motifs is 2. The van der Waals surface area contributed by atoms with Crippen LogP contribution < -0.4 is 0 Å². The number of carboxylic acid groups (broad SMARTS) is 1. The van der Waals surface area contributed by atoms with Crippen LogP contribution in [0.3, 0.4) is 0 Å². The van der Waals surface area contributed by atoms with E-state index in [4.69, 9.17) is 4.74 Å². The van der Waals surface area contributed by atoms with Crippen molar-refractivity contribution in [2.75, 3.05) is 13.1 Å². The monoisotopic (exact) mass is 297 g/mol. The molecule has 0 aromatic heterocycles. The molecule has 2 fully saturated rings. The molecule has 21 heavy (non-hydrogen) atoms. The number of aliphatic carboxylic acids is 1. The van der Waals surface area contributed by atoms with Crippen LogP contribution in [0.1, 0.15) is 52.4 Å². The first-order valence-corrected chi connectivity index (χ1v) is 8.27. The summed E-state index contributed by atoms with van der Waals surface area (Å²) in [4.78, 5) is 26.2. The van der Waals surface area contributed by atoms with E-state index in [1.807, 2.05) is 4.90 Å². The first-order chi connectivity index (χ1) is 10.1. The van der Waals surface area contributed by atoms with Crippen molar-refractivity contribution in [2.24, 2.45) is 11.8 Å². The van der Waals surface area contributed by atoms with Gasteiger partial charge in [-0.05, 0) is 25.7 Å². The van der Waals surface area contributed by atoms with Gasteiger partial charge >= 0.3 is 5.97 Å². The van der Waals surface area contributed by atoms with Crippen LogP contribution in [-0.4, -0.2) is 47.2 Å². The summed E-state index contributed by atoms with van der Waals surface area (Å²) in [6.07, 6.45) is 5.14. The molecule has 0 unspecified atom stereocenters. The van der Waals surface area contributed by atoms with E-state index in [2.05, 4.69) is 13.8 Å². The molecule has 2 aliphatic rings. The van der Waals surface area contributed by atoms with Crippen molar-refractivity contribution >= 4 is 11.9 Å². The van der Waals surface area contributed by atoms with Crippen molar-refractivity contribution < 1.29 is 19.4 Å². The lowest BCUT2D eigenvalue weighted by Gasteiger charge is -2.30. The average molecular weight is 297 g/mol. The number of ether oxygens (including phenoxy) is 1. The third-order valence-corrected chi connectivity index (χ3v) is 4.72. The second-order valence-electron chi connectivity index (χ2n) is 6.21. The summed E-state index contributed by atoms with van der Waals surface area (Å²) in [5.74, 6) is -2.01. The average Bonchev–Trinajstić information content (AvgIpc) is 3.07. The SMILES string of the molecule is CCCCN(CCCC)C(=O)[C@H]1[C@@H](C(=O)O)[C@@H]2CC[C@H]1O2. The molecule has 1 amide bonds. The number of nitrogens with zero attached hydrogens (tertiary/aromatic N) is 1. The number of hydrogen-bond acceptors (Lipinski definition) is 3. The van der Waals surface area contributed by atoms with E-state index in [0.29, 0.717) is 0 Å². The van der Waals surface area contributed by atoms with Crippen LogP contribution >= 0.6 is 0 Å². The van der Waals surface area contributed by atoms with Crippen molar-refractivity contribution in [2.45, 2.75) is 64.6 Å². The van der Waals surface area contributed by atoms with Gasteiger partial charge in [0.1, 0.15) is 0 Å². The van der Waals surface area contributed by atoms with E-state index < -0.39 is 17.8 Å². The van der Waals surface area contributed by atoms with Gasteiger partial charge in [0.15, 0.2) is 0 Å². The number of carbonyl (C=O) groups excluding carboxylic acids is 1. The quantitative estimate of drug-likeness (QED) is 0.746. The summed E-state index contributed by atoms with van der Waals surface area (Å²) >= 11 is 0. The normalized spacial score (nSPS) is 30.6. The molecule has 0 aliphatic carbocycles. The molecule has 0 aromatic rings. The minimum atomic E-state index is -0.883. The molecule has 2 rings (SSSR count). The van der Waals surface area contributed by atoms with Gasteiger partial charge in [0.2, 0.25) is 5.91 Å². The zero-order valence-corrected chi connectivity index (χ0v) is 13.1. The first-order valence-electron chi connectivity index (χ1n) is 8.27. The lowest BCUT2D eigenvalue weighted by atomic mass is 9.78. The van der Waals surface area contributed by atoms with Crippen LogP contribution in [-0.2, 0) is 14.3 Å². The predicted molar refractivity (Wildman–Crippen MR) is 78.9 cm³/mol. The van der Waals surface area contributed by atoms with Crippen LogP contribution in [0.4, 0.5) is 0 Å². The number of hydrogen-bond donors (Lipinski definition) is 1. The number of rotatable bonds is 8. The molecule has 0 aromatic carbocycles. The second-order valence-corrected chi connectivity index (χ2v) is 6.21. The van der Waals surface area contributed by atoms with E-state index >= 15 is 0 Å². The van der Waals surface area contributed by atoms with Crippen molar-refractivity contribution in [3.8, 4) is 0 Å². The molecular formula is C16H27NO4. The maximum absolute atomic E-state index is 12.8. The van der Waals surface area contributed by atoms with Gasteiger partial charge in [0.25, 0.3) is 0 Å². The van der Waals surface area contributed by atoms with Crippen molar-refractivity contribution in [3.63, 3.8) is 0 Å². The third kappa shape index (κ3) is 3.39. The van der Waals surface area contributed by atoms with Crippen LogP contribution in [0.2, 0.25) is 0 Å². The third-order valence-electron chi connectivity index (χ3n) is 4.72. The van der Waals surface area contributed by atoms with Crippen molar-refractivity contribution in [1.29, 1.82) is 0 Å². The molecule has 0 radical (unpaired) electrons. The smallest absolute Gasteiger partial charge is 0.310 e. The fourth-order valence-electron chi connectivity index (χ4n) is 3.55. The van der Waals surface area contributed by atoms with E-state index in [0.717, 1.165) is 51.6 Å². The first kappa shape index (κ1) is 16.3. The predicted octanol–water partition coefficient (Wildman–Crippen LogP) is 2.29. The van der Waals surface area contributed by atoms with Gasteiger partial charge < -0.3 is 14.7 Å². The number of carbonyl (C=O) groups is 2. The fourth-order valence-corrected chi connectivity index (χ4v) is 3.55. The van der Waals surface area contributed by atoms with Gasteiger partial charge in [-0.2, -0.15) is 0 Å². The molecule has 5 heteroatoms. The van der Waals surface area contributed by atoms with Gasteiger partial charge in [-0.25, -0.2) is 0 Å². The zero-order valence-electron chi connectivity index (χ0n) is 13.1. The Bertz CT molecular complexity index is 376. The Morgan fingerprint density at radius 1 is 1.05 bits per heavy atom. The summed E-state index contributed by atoms with van der Waals surface area (Å²) in [6, 6.07) is 0. The molecule has 0 spiro atoms. The number of unbranched alkanes of at least 4 members (excludes halogenated alkanes) is 2. The zero-order chi connectivity index (χ0) is 15.4. The Morgan fingerprint density at radius 3 is 2.05 bits per heavy atom. The fraction of sp³-hybridized carbons (Fsp3) is 0.875. The highest BCUT2D eigenvalue weighted by molar-refractivity contribution is 5.86. The molecular weight excluding hydrogens is 270 g/mol. The molecule has 1 N–H and O–H groups in total. The summed E-state index contributed by atoms with van der Waals surface area (Å²) in [5.41, 5.74) is 0. The van der Waals surface area contributed by atoms with Gasteiger partial charge in [0, 0.05) is 13.1 Å². The van der Waals surface area contributed by atoms with Crippen LogP contribution in [0, 0.1) is 11.8 Å². The number of amides is 1. The largest absolute Gasteiger partial charge is 0.481 e. The van der Waals surface area contributed by atoms with Crippen LogP contribution in [0.15, 0.2) is 0 Å². The van der Waals surface area contributed by atoms with Gasteiger partial charge in [0.05, 0.1) is 24.0 Å². The summed E-state index contributed by atoms with van der Waals surface area (Å²) < 4.78 is 5.71. The summed E-state index contributed by atoms with van der Waals surface area (Å²) in [6.45, 7) is 5.66. The topological polar surface area (TPSA) is 66.8 Å². The second kappa shape index (κ2) is 7.25. The Balaban J connectivity index is 2.08. The molecule has 120 valence electrons. The summed E-state index contributed by atoms with van der Waals surface area (Å²) in [5, 5.41) is 9.44. The Labute approximate surface area is 126 Å². The van der Waals surface area contributed by atoms with Crippen molar-refractivity contribution in [1.82, 2.24) is 4.90 Å². The lowest BCUT2D eigenvalue weighted by Crippen LogP contribution is -2.46. The molecule has 0 saturated carbocycles. The maximum Gasteiger partial charge on any atom is 0.310 e. The van der Waals surface area contributed by atoms with Crippen LogP contribution in [0.5, 0.6) is 0 Å². The highest BCUT2D eigenvalue weighted by Crippen LogP contribution is 2.44. The van der Waals surface area contributed by atoms with Gasteiger partial charge in [-0.1, -0.05) is 26.7 Å². The minimum absolute atomic E-state index is 0.00324. The lowest BCUT2D eigenvalue weighted by molar-refractivity contribution is -0.151. The van der Waals surface area contributed by atoms with E-state index in [9.17, 15) is 14.7 Å². The molecule has 2 saturated heterocycles. The van der Waals surface area contributed by atoms with E-state index in [-0.39, 0.29) is 18.1 Å². The van der Waals surface area contributed by atoms with Gasteiger partial charge in [-0.15, -0.1) is 0 Å². The standard InChI is InChI=1S/C16H27NO4/c1-3-5-9-17(10-6-4-2)15(18)13-11-7-8-12(21-11)14(13)16(19)20/h11-14H,3-10H2,1-2H3,(H,19,20)/t11-,12+,13-,14+/m1/s1. The van der Waals surface area contributed by atoms with E-state index in [1.54, 1.807) is 0 Å². The molecule has 5 nitrogen and oxygen atoms in total. The van der Waals surface area contributed by atoms with Crippen LogP contribution in [0.25, 0.3) is 0 Å². The van der Waals surface area contributed by atoms with E-state index in [1.165, 1.54) is 0 Å². The molecule has 2 aliphatic heterocycles. The molecule has 2 heterocycles. The number of carboxylic acids is 1. The Kier molecular flexibility index (Phi) is 5.62. The molecule has 4 atom stereocenters. The highest BCUT2D eigenvalue weighted by Gasteiger charge is 2.56. The Hall–Kier alpha value is -1.10. The summed E-state index contributed by atoms with van der Waals surface area (Å²) in [7, 11) is 0. The maximum atomic E-state index is 12.8. The Morgan fingerprint density at radius 2 is 1.57 bits per heavy atom. The minimum Gasteiger partial charge on any atom is -0.481 e.